The van der Waals surface area contributed by atoms with Gasteiger partial charge >= 0.3 is 6.09 Å². The summed E-state index contributed by atoms with van der Waals surface area (Å²) < 4.78 is 17.7. The zero-order valence-electron chi connectivity index (χ0n) is 19.2. The summed E-state index contributed by atoms with van der Waals surface area (Å²) in [6, 6.07) is 20.9. The molecule has 2 aliphatic rings. The highest BCUT2D eigenvalue weighted by Gasteiger charge is 2.43. The summed E-state index contributed by atoms with van der Waals surface area (Å²) in [5.74, 6) is 0.621. The van der Waals surface area contributed by atoms with Crippen LogP contribution in [0.4, 0.5) is 4.79 Å². The molecule has 1 saturated heterocycles. The third-order valence-corrected chi connectivity index (χ3v) is 6.97. The number of hydrogen-bond donors (Lipinski definition) is 0. The van der Waals surface area contributed by atoms with Crippen LogP contribution in [0.25, 0.3) is 0 Å². The van der Waals surface area contributed by atoms with Crippen LogP contribution in [0, 0.1) is 0 Å². The van der Waals surface area contributed by atoms with Gasteiger partial charge in [-0.15, -0.1) is 0 Å². The molecule has 2 unspecified atom stereocenters. The topological polar surface area (TPSA) is 48.0 Å². The lowest BCUT2D eigenvalue weighted by atomic mass is 9.83. The Bertz CT molecular complexity index is 835. The standard InChI is InChI=1S/C27H35NO4/c1-20-17-26(32-18-21-9-5-3-6-10-21)25(28(20)27(29)30-2)19-31-24-15-13-23(14-16-24)22-11-7-4-8-12-22/h3-12,20,23-26H,13-19H2,1-2H3/t20-,23?,24?,25?,26?/m1/s1. The number of benzene rings is 2. The molecule has 0 radical (unpaired) electrons. The lowest BCUT2D eigenvalue weighted by molar-refractivity contribution is -0.0464. The molecule has 4 rings (SSSR count). The van der Waals surface area contributed by atoms with E-state index >= 15 is 0 Å². The number of methoxy groups -OCH3 is 1. The average molecular weight is 438 g/mol. The molecule has 1 saturated carbocycles. The summed E-state index contributed by atoms with van der Waals surface area (Å²) in [6.07, 6.45) is 5.05. The maximum atomic E-state index is 12.5. The Labute approximate surface area is 191 Å². The highest BCUT2D eigenvalue weighted by molar-refractivity contribution is 5.69. The molecular weight excluding hydrogens is 402 g/mol. The molecule has 0 N–H and O–H groups in total. The lowest BCUT2D eigenvalue weighted by Crippen LogP contribution is -2.46. The second kappa shape index (κ2) is 11.0. The molecule has 0 aromatic heterocycles. The third-order valence-electron chi connectivity index (χ3n) is 6.97. The SMILES string of the molecule is COC(=O)N1C(COC2CCC(c3ccccc3)CC2)C(OCc2ccccc2)C[C@H]1C. The molecule has 172 valence electrons. The van der Waals surface area contributed by atoms with Crippen LogP contribution in [0.2, 0.25) is 0 Å². The predicted octanol–water partition coefficient (Wildman–Crippen LogP) is 5.54. The van der Waals surface area contributed by atoms with Crippen molar-refractivity contribution in [2.24, 2.45) is 0 Å². The van der Waals surface area contributed by atoms with E-state index < -0.39 is 0 Å². The molecule has 1 aliphatic carbocycles. The van der Waals surface area contributed by atoms with Gasteiger partial charge in [0.25, 0.3) is 0 Å². The summed E-state index contributed by atoms with van der Waals surface area (Å²) in [6.45, 7) is 3.08. The average Bonchev–Trinajstić information content (AvgIpc) is 3.17. The minimum Gasteiger partial charge on any atom is -0.453 e. The Morgan fingerprint density at radius 2 is 1.59 bits per heavy atom. The number of carbonyl (C=O) groups excluding carboxylic acids is 1. The highest BCUT2D eigenvalue weighted by Crippen LogP contribution is 2.35. The molecule has 32 heavy (non-hydrogen) atoms. The van der Waals surface area contributed by atoms with Crippen molar-refractivity contribution in [3.8, 4) is 0 Å². The van der Waals surface area contributed by atoms with Crippen LogP contribution in [0.1, 0.15) is 56.1 Å². The van der Waals surface area contributed by atoms with Crippen molar-refractivity contribution in [3.63, 3.8) is 0 Å². The first-order chi connectivity index (χ1) is 15.7. The summed E-state index contributed by atoms with van der Waals surface area (Å²) >= 11 is 0. The van der Waals surface area contributed by atoms with Crippen LogP contribution in [0.5, 0.6) is 0 Å². The van der Waals surface area contributed by atoms with E-state index in [4.69, 9.17) is 14.2 Å². The molecule has 1 heterocycles. The molecule has 2 fully saturated rings. The van der Waals surface area contributed by atoms with E-state index in [1.54, 1.807) is 0 Å². The first kappa shape index (κ1) is 22.8. The number of hydrogen-bond acceptors (Lipinski definition) is 4. The molecule has 5 heteroatoms. The molecular formula is C27H35NO4. The van der Waals surface area contributed by atoms with Crippen LogP contribution in [-0.4, -0.2) is 49.0 Å². The summed E-state index contributed by atoms with van der Waals surface area (Å²) in [4.78, 5) is 14.3. The Kier molecular flexibility index (Phi) is 7.82. The van der Waals surface area contributed by atoms with Crippen LogP contribution in [0.15, 0.2) is 60.7 Å². The van der Waals surface area contributed by atoms with Crippen molar-refractivity contribution >= 4 is 6.09 Å². The Balaban J connectivity index is 1.34. The van der Waals surface area contributed by atoms with Gasteiger partial charge in [0, 0.05) is 6.04 Å². The van der Waals surface area contributed by atoms with Crippen LogP contribution >= 0.6 is 0 Å². The van der Waals surface area contributed by atoms with E-state index in [0.717, 1.165) is 37.7 Å². The fraction of sp³-hybridized carbons (Fsp3) is 0.519. The lowest BCUT2D eigenvalue weighted by Gasteiger charge is -2.33. The van der Waals surface area contributed by atoms with Gasteiger partial charge in [-0.2, -0.15) is 0 Å². The van der Waals surface area contributed by atoms with Crippen LogP contribution in [0.3, 0.4) is 0 Å². The van der Waals surface area contributed by atoms with Crippen molar-refractivity contribution in [3.05, 3.63) is 71.8 Å². The molecule has 1 aliphatic heterocycles. The molecule has 3 atom stereocenters. The number of likely N-dealkylation sites (tertiary alicyclic amines) is 1. The Hall–Kier alpha value is -2.37. The van der Waals surface area contributed by atoms with Gasteiger partial charge in [-0.05, 0) is 56.1 Å². The van der Waals surface area contributed by atoms with Gasteiger partial charge in [0.2, 0.25) is 0 Å². The van der Waals surface area contributed by atoms with Crippen molar-refractivity contribution < 1.29 is 19.0 Å². The monoisotopic (exact) mass is 437 g/mol. The quantitative estimate of drug-likeness (QED) is 0.570. The second-order valence-electron chi connectivity index (χ2n) is 9.08. The highest BCUT2D eigenvalue weighted by atomic mass is 16.5. The maximum Gasteiger partial charge on any atom is 0.410 e. The fourth-order valence-electron chi connectivity index (χ4n) is 5.20. The zero-order chi connectivity index (χ0) is 22.3. The Morgan fingerprint density at radius 1 is 0.938 bits per heavy atom. The van der Waals surface area contributed by atoms with Gasteiger partial charge in [-0.1, -0.05) is 60.7 Å². The Morgan fingerprint density at radius 3 is 2.25 bits per heavy atom. The normalized spacial score (nSPS) is 27.9. The minimum absolute atomic E-state index is 0.0608. The third kappa shape index (κ3) is 5.51. The maximum absolute atomic E-state index is 12.5. The van der Waals surface area contributed by atoms with E-state index in [2.05, 4.69) is 49.4 Å². The summed E-state index contributed by atoms with van der Waals surface area (Å²) in [5, 5.41) is 0. The van der Waals surface area contributed by atoms with E-state index in [9.17, 15) is 4.79 Å². The van der Waals surface area contributed by atoms with Crippen molar-refractivity contribution in [2.45, 2.75) is 75.8 Å². The smallest absolute Gasteiger partial charge is 0.410 e. The van der Waals surface area contributed by atoms with E-state index in [-0.39, 0.29) is 30.4 Å². The van der Waals surface area contributed by atoms with Gasteiger partial charge < -0.3 is 14.2 Å². The number of carbonyl (C=O) groups is 1. The molecule has 0 bridgehead atoms. The summed E-state index contributed by atoms with van der Waals surface area (Å²) in [7, 11) is 1.44. The van der Waals surface area contributed by atoms with Gasteiger partial charge in [0.15, 0.2) is 0 Å². The largest absolute Gasteiger partial charge is 0.453 e. The first-order valence-corrected chi connectivity index (χ1v) is 11.8. The first-order valence-electron chi connectivity index (χ1n) is 11.8. The summed E-state index contributed by atoms with van der Waals surface area (Å²) in [5.41, 5.74) is 2.57. The minimum atomic E-state index is -0.301. The van der Waals surface area contributed by atoms with Gasteiger partial charge in [0.05, 0.1) is 38.6 Å². The van der Waals surface area contributed by atoms with Gasteiger partial charge in [-0.3, -0.25) is 4.90 Å². The molecule has 5 nitrogen and oxygen atoms in total. The van der Waals surface area contributed by atoms with Crippen molar-refractivity contribution in [2.75, 3.05) is 13.7 Å². The fourth-order valence-corrected chi connectivity index (χ4v) is 5.20. The van der Waals surface area contributed by atoms with Crippen LogP contribution < -0.4 is 0 Å². The number of nitrogens with zero attached hydrogens (tertiary/aromatic N) is 1. The molecule has 2 aromatic rings. The zero-order valence-corrected chi connectivity index (χ0v) is 19.2. The van der Waals surface area contributed by atoms with Crippen molar-refractivity contribution in [1.29, 1.82) is 0 Å². The number of ether oxygens (including phenoxy) is 3. The van der Waals surface area contributed by atoms with Gasteiger partial charge in [0.1, 0.15) is 0 Å². The van der Waals surface area contributed by atoms with Crippen molar-refractivity contribution in [1.82, 2.24) is 4.90 Å². The predicted molar refractivity (Wildman–Crippen MR) is 125 cm³/mol. The second-order valence-corrected chi connectivity index (χ2v) is 9.08. The van der Waals surface area contributed by atoms with E-state index in [1.165, 1.54) is 12.7 Å². The molecule has 2 aromatic carbocycles. The number of rotatable bonds is 7. The van der Waals surface area contributed by atoms with E-state index in [1.807, 2.05) is 23.1 Å². The number of amides is 1. The molecule has 0 spiro atoms. The van der Waals surface area contributed by atoms with E-state index in [0.29, 0.717) is 19.1 Å². The molecule has 1 amide bonds. The van der Waals surface area contributed by atoms with Gasteiger partial charge in [-0.25, -0.2) is 4.79 Å². The van der Waals surface area contributed by atoms with Crippen LogP contribution in [-0.2, 0) is 20.8 Å².